The summed E-state index contributed by atoms with van der Waals surface area (Å²) < 4.78 is 18.3. The Labute approximate surface area is 117 Å². The van der Waals surface area contributed by atoms with Gasteiger partial charge in [0.2, 0.25) is 0 Å². The molecule has 0 aliphatic carbocycles. The van der Waals surface area contributed by atoms with Gasteiger partial charge in [0, 0.05) is 6.54 Å². The Bertz CT molecular complexity index is 465. The van der Waals surface area contributed by atoms with Crippen LogP contribution in [0.25, 0.3) is 0 Å². The van der Waals surface area contributed by atoms with Crippen LogP contribution in [0, 0.1) is 5.82 Å². The molecule has 0 radical (unpaired) electrons. The van der Waals surface area contributed by atoms with Crippen molar-refractivity contribution in [1.82, 2.24) is 4.90 Å². The van der Waals surface area contributed by atoms with Gasteiger partial charge in [-0.05, 0) is 25.5 Å². The highest BCUT2D eigenvalue weighted by molar-refractivity contribution is 5.91. The van der Waals surface area contributed by atoms with E-state index in [4.69, 9.17) is 4.74 Å². The van der Waals surface area contributed by atoms with Crippen LogP contribution in [0.2, 0.25) is 0 Å². The van der Waals surface area contributed by atoms with E-state index in [2.05, 4.69) is 5.32 Å². The van der Waals surface area contributed by atoms with Gasteiger partial charge in [0.25, 0.3) is 0 Å². The molecule has 2 amide bonds. The smallest absolute Gasteiger partial charge is 0.325 e. The molecular weight excluding hydrogens is 263 g/mol. The number of ether oxygens (including phenoxy) is 1. The number of rotatable bonds is 6. The number of carbonyl (C=O) groups is 2. The maximum Gasteiger partial charge on any atom is 0.325 e. The molecule has 5 nitrogen and oxygen atoms in total. The second-order valence-electron chi connectivity index (χ2n) is 4.14. The number of carbonyl (C=O) groups excluding carboxylic acids is 2. The number of nitrogens with zero attached hydrogens (tertiary/aromatic N) is 1. The fraction of sp³-hybridized carbons (Fsp3) is 0.429. The van der Waals surface area contributed by atoms with Crippen LogP contribution >= 0.6 is 0 Å². The van der Waals surface area contributed by atoms with Crippen molar-refractivity contribution in [3.05, 3.63) is 30.1 Å². The van der Waals surface area contributed by atoms with Crippen molar-refractivity contribution in [2.45, 2.75) is 20.3 Å². The molecule has 0 aliphatic rings. The van der Waals surface area contributed by atoms with E-state index in [1.54, 1.807) is 13.0 Å². The van der Waals surface area contributed by atoms with Crippen LogP contribution in [-0.4, -0.2) is 36.6 Å². The van der Waals surface area contributed by atoms with Gasteiger partial charge in [0.1, 0.15) is 12.4 Å². The summed E-state index contributed by atoms with van der Waals surface area (Å²) in [4.78, 5) is 24.8. The molecule has 20 heavy (non-hydrogen) atoms. The van der Waals surface area contributed by atoms with Crippen molar-refractivity contribution in [3.63, 3.8) is 0 Å². The summed E-state index contributed by atoms with van der Waals surface area (Å²) in [5.41, 5.74) is 0.0856. The lowest BCUT2D eigenvalue weighted by Crippen LogP contribution is -2.40. The minimum Gasteiger partial charge on any atom is -0.465 e. The molecule has 0 saturated heterocycles. The molecule has 110 valence electrons. The SMILES string of the molecule is CCCN(CC(=O)OCC)C(=O)Nc1ccccc1F. The van der Waals surface area contributed by atoms with Crippen LogP contribution in [0.4, 0.5) is 14.9 Å². The summed E-state index contributed by atoms with van der Waals surface area (Å²) in [7, 11) is 0. The van der Waals surface area contributed by atoms with Gasteiger partial charge in [-0.3, -0.25) is 4.79 Å². The number of para-hydroxylation sites is 1. The van der Waals surface area contributed by atoms with Crippen LogP contribution in [0.15, 0.2) is 24.3 Å². The normalized spacial score (nSPS) is 9.95. The number of nitrogens with one attached hydrogen (secondary N) is 1. The lowest BCUT2D eigenvalue weighted by atomic mass is 10.3. The summed E-state index contributed by atoms with van der Waals surface area (Å²) in [6.07, 6.45) is 0.685. The molecule has 1 rings (SSSR count). The zero-order chi connectivity index (χ0) is 15.0. The van der Waals surface area contributed by atoms with Gasteiger partial charge in [-0.15, -0.1) is 0 Å². The topological polar surface area (TPSA) is 58.6 Å². The Hall–Kier alpha value is -2.11. The summed E-state index contributed by atoms with van der Waals surface area (Å²) in [6, 6.07) is 5.35. The molecule has 1 aromatic carbocycles. The Kier molecular flexibility index (Phi) is 6.49. The van der Waals surface area contributed by atoms with E-state index in [0.29, 0.717) is 13.0 Å². The van der Waals surface area contributed by atoms with Crippen molar-refractivity contribution in [2.24, 2.45) is 0 Å². The number of urea groups is 1. The van der Waals surface area contributed by atoms with Crippen LogP contribution in [0.1, 0.15) is 20.3 Å². The summed E-state index contributed by atoms with van der Waals surface area (Å²) in [5.74, 6) is -1.00. The third-order valence-corrected chi connectivity index (χ3v) is 2.52. The van der Waals surface area contributed by atoms with Gasteiger partial charge in [-0.2, -0.15) is 0 Å². The Morgan fingerprint density at radius 1 is 1.30 bits per heavy atom. The highest BCUT2D eigenvalue weighted by Gasteiger charge is 2.18. The molecule has 0 saturated carbocycles. The fourth-order valence-electron chi connectivity index (χ4n) is 1.64. The first-order valence-electron chi connectivity index (χ1n) is 6.54. The maximum absolute atomic E-state index is 13.5. The number of hydrogen-bond donors (Lipinski definition) is 1. The lowest BCUT2D eigenvalue weighted by molar-refractivity contribution is -0.143. The molecule has 0 heterocycles. The van der Waals surface area contributed by atoms with E-state index in [-0.39, 0.29) is 18.8 Å². The van der Waals surface area contributed by atoms with E-state index in [0.717, 1.165) is 0 Å². The molecule has 6 heteroatoms. The molecular formula is C14H19FN2O3. The minimum absolute atomic E-state index is 0.0856. The molecule has 1 N–H and O–H groups in total. The summed E-state index contributed by atoms with van der Waals surface area (Å²) in [5, 5.41) is 2.45. The zero-order valence-electron chi connectivity index (χ0n) is 11.7. The van der Waals surface area contributed by atoms with E-state index >= 15 is 0 Å². The average molecular weight is 282 g/mol. The third kappa shape index (κ3) is 4.87. The van der Waals surface area contributed by atoms with Crippen molar-refractivity contribution >= 4 is 17.7 Å². The van der Waals surface area contributed by atoms with Gasteiger partial charge in [-0.25, -0.2) is 9.18 Å². The molecule has 0 fully saturated rings. The standard InChI is InChI=1S/C14H19FN2O3/c1-3-9-17(10-13(18)20-4-2)14(19)16-12-8-6-5-7-11(12)15/h5-8H,3-4,9-10H2,1-2H3,(H,16,19). The quantitative estimate of drug-likeness (QED) is 0.816. The molecule has 0 aromatic heterocycles. The number of hydrogen-bond acceptors (Lipinski definition) is 3. The largest absolute Gasteiger partial charge is 0.465 e. The van der Waals surface area contributed by atoms with E-state index in [1.807, 2.05) is 6.92 Å². The second-order valence-corrected chi connectivity index (χ2v) is 4.14. The molecule has 0 unspecified atom stereocenters. The molecule has 0 aliphatic heterocycles. The number of anilines is 1. The van der Waals surface area contributed by atoms with E-state index < -0.39 is 17.8 Å². The Morgan fingerprint density at radius 3 is 2.60 bits per heavy atom. The first-order chi connectivity index (χ1) is 9.58. The predicted molar refractivity (Wildman–Crippen MR) is 73.9 cm³/mol. The van der Waals surface area contributed by atoms with Gasteiger partial charge >= 0.3 is 12.0 Å². The minimum atomic E-state index is -0.523. The van der Waals surface area contributed by atoms with Crippen LogP contribution in [0.5, 0.6) is 0 Å². The van der Waals surface area contributed by atoms with E-state index in [1.165, 1.54) is 23.1 Å². The van der Waals surface area contributed by atoms with Crippen LogP contribution in [-0.2, 0) is 9.53 Å². The monoisotopic (exact) mass is 282 g/mol. The highest BCUT2D eigenvalue weighted by Crippen LogP contribution is 2.13. The maximum atomic E-state index is 13.5. The van der Waals surface area contributed by atoms with Crippen molar-refractivity contribution in [1.29, 1.82) is 0 Å². The predicted octanol–water partition coefficient (Wildman–Crippen LogP) is 2.63. The molecule has 0 bridgehead atoms. The van der Waals surface area contributed by atoms with E-state index in [9.17, 15) is 14.0 Å². The first kappa shape index (κ1) is 15.9. The van der Waals surface area contributed by atoms with Crippen molar-refractivity contribution in [2.75, 3.05) is 25.0 Å². The van der Waals surface area contributed by atoms with Gasteiger partial charge in [0.05, 0.1) is 12.3 Å². The number of esters is 1. The van der Waals surface area contributed by atoms with Gasteiger partial charge < -0.3 is 15.0 Å². The Balaban J connectivity index is 2.69. The van der Waals surface area contributed by atoms with Crippen LogP contribution < -0.4 is 5.32 Å². The molecule has 0 spiro atoms. The summed E-state index contributed by atoms with van der Waals surface area (Å²) in [6.45, 7) is 4.07. The number of benzene rings is 1. The van der Waals surface area contributed by atoms with Crippen LogP contribution in [0.3, 0.4) is 0 Å². The summed E-state index contributed by atoms with van der Waals surface area (Å²) >= 11 is 0. The highest BCUT2D eigenvalue weighted by atomic mass is 19.1. The molecule has 1 aromatic rings. The second kappa shape index (κ2) is 8.14. The third-order valence-electron chi connectivity index (χ3n) is 2.52. The lowest BCUT2D eigenvalue weighted by Gasteiger charge is -2.21. The molecule has 0 atom stereocenters. The fourth-order valence-corrected chi connectivity index (χ4v) is 1.64. The average Bonchev–Trinajstić information content (AvgIpc) is 2.41. The van der Waals surface area contributed by atoms with Crippen molar-refractivity contribution in [3.8, 4) is 0 Å². The van der Waals surface area contributed by atoms with Gasteiger partial charge in [-0.1, -0.05) is 19.1 Å². The van der Waals surface area contributed by atoms with Gasteiger partial charge in [0.15, 0.2) is 0 Å². The first-order valence-corrected chi connectivity index (χ1v) is 6.54. The zero-order valence-corrected chi connectivity index (χ0v) is 11.7. The number of halogens is 1. The van der Waals surface area contributed by atoms with Crippen molar-refractivity contribution < 1.29 is 18.7 Å². The number of amides is 2. The Morgan fingerprint density at radius 2 is 2.00 bits per heavy atom.